The number of fused-ring (bicyclic) bond motifs is 1. The monoisotopic (exact) mass is 770 g/mol. The summed E-state index contributed by atoms with van der Waals surface area (Å²) < 4.78 is 30.1. The van der Waals surface area contributed by atoms with E-state index in [1.54, 1.807) is 46.1 Å². The van der Waals surface area contributed by atoms with Crippen LogP contribution in [-0.2, 0) is 19.1 Å². The molecule has 2 heterocycles. The summed E-state index contributed by atoms with van der Waals surface area (Å²) >= 11 is 6.81. The van der Waals surface area contributed by atoms with Crippen LogP contribution in [0, 0.1) is 3.57 Å². The van der Waals surface area contributed by atoms with Gasteiger partial charge in [-0.2, -0.15) is 0 Å². The number of halogens is 2. The van der Waals surface area contributed by atoms with Crippen molar-refractivity contribution < 1.29 is 33.3 Å². The van der Waals surface area contributed by atoms with E-state index in [0.717, 1.165) is 0 Å². The number of thiazole rings is 1. The quantitative estimate of drug-likeness (QED) is 0.224. The lowest BCUT2D eigenvalue weighted by molar-refractivity contribution is -0.145. The van der Waals surface area contributed by atoms with Crippen molar-refractivity contribution in [1.82, 2.24) is 4.57 Å². The fourth-order valence-corrected chi connectivity index (χ4v) is 6.79. The van der Waals surface area contributed by atoms with Crippen LogP contribution in [0.3, 0.4) is 0 Å². The molecule has 1 aliphatic heterocycles. The lowest BCUT2D eigenvalue weighted by Crippen LogP contribution is -2.40. The molecule has 0 unspecified atom stereocenters. The second-order valence-corrected chi connectivity index (χ2v) is 11.8. The maximum atomic E-state index is 13.9. The van der Waals surface area contributed by atoms with E-state index in [4.69, 9.17) is 23.7 Å². The first-order valence-corrected chi connectivity index (χ1v) is 15.5. The molecule has 0 saturated carbocycles. The third-order valence-corrected chi connectivity index (χ3v) is 8.60. The largest absolute Gasteiger partial charge is 0.496 e. The zero-order valence-electron chi connectivity index (χ0n) is 23.5. The molecule has 0 amide bonds. The molecule has 1 atom stereocenters. The number of allylic oxidation sites excluding steroid dienone is 1. The molecule has 222 valence electrons. The summed E-state index contributed by atoms with van der Waals surface area (Å²) in [6.45, 7) is 5.35. The molecule has 4 rings (SSSR count). The molecule has 0 bridgehead atoms. The minimum absolute atomic E-state index is 0.180. The molecular weight excluding hydrogens is 743 g/mol. The molecule has 42 heavy (non-hydrogen) atoms. The van der Waals surface area contributed by atoms with E-state index in [-0.39, 0.29) is 31.0 Å². The highest BCUT2D eigenvalue weighted by molar-refractivity contribution is 14.1. The maximum Gasteiger partial charge on any atom is 0.344 e. The van der Waals surface area contributed by atoms with Crippen molar-refractivity contribution in [2.75, 3.05) is 34.0 Å². The zero-order valence-corrected chi connectivity index (χ0v) is 28.0. The Morgan fingerprint density at radius 2 is 1.81 bits per heavy atom. The first kappa shape index (κ1) is 31.8. The van der Waals surface area contributed by atoms with Gasteiger partial charge in [0.1, 0.15) is 5.75 Å². The second-order valence-electron chi connectivity index (χ2n) is 8.82. The molecule has 3 aromatic rings. The fourth-order valence-electron chi connectivity index (χ4n) is 4.41. The molecular formula is C29H28BrIN2O8S. The van der Waals surface area contributed by atoms with E-state index in [9.17, 15) is 14.4 Å². The Morgan fingerprint density at radius 1 is 1.10 bits per heavy atom. The van der Waals surface area contributed by atoms with Gasteiger partial charge in [-0.25, -0.2) is 14.6 Å². The number of rotatable bonds is 10. The normalized spacial score (nSPS) is 14.6. The molecule has 10 nitrogen and oxygen atoms in total. The molecule has 1 aromatic heterocycles. The summed E-state index contributed by atoms with van der Waals surface area (Å²) in [4.78, 5) is 43.9. The van der Waals surface area contributed by atoms with Gasteiger partial charge >= 0.3 is 11.9 Å². The highest BCUT2D eigenvalue weighted by atomic mass is 127. The molecule has 2 aromatic carbocycles. The Balaban J connectivity index is 1.84. The highest BCUT2D eigenvalue weighted by Gasteiger charge is 2.33. The molecule has 0 saturated heterocycles. The number of ether oxygens (including phenoxy) is 5. The van der Waals surface area contributed by atoms with E-state index >= 15 is 0 Å². The van der Waals surface area contributed by atoms with Gasteiger partial charge in [-0.1, -0.05) is 17.4 Å². The second kappa shape index (κ2) is 13.9. The molecule has 13 heteroatoms. The molecule has 0 spiro atoms. The number of carbonyl (C=O) groups excluding carboxylic acids is 2. The average molecular weight is 771 g/mol. The number of benzene rings is 2. The number of methoxy groups -OCH3 is 2. The minimum Gasteiger partial charge on any atom is -0.496 e. The van der Waals surface area contributed by atoms with E-state index in [1.165, 1.54) is 23.0 Å². The SMILES string of the molecule is CCOC(=O)COc1c(I)cc(/C=c2/sc3n(c2=O)[C@H](c2ccc(OC)c(Br)c2)C(C(=O)OCC)=C(C)N=3)cc1OC. The highest BCUT2D eigenvalue weighted by Crippen LogP contribution is 2.36. The van der Waals surface area contributed by atoms with Crippen molar-refractivity contribution in [2.24, 2.45) is 4.99 Å². The van der Waals surface area contributed by atoms with Crippen LogP contribution < -0.4 is 29.1 Å². The Morgan fingerprint density at radius 3 is 2.45 bits per heavy atom. The zero-order chi connectivity index (χ0) is 30.6. The van der Waals surface area contributed by atoms with Gasteiger partial charge in [0, 0.05) is 0 Å². The summed E-state index contributed by atoms with van der Waals surface area (Å²) in [6, 6.07) is 8.17. The van der Waals surface area contributed by atoms with Gasteiger partial charge in [-0.05, 0) is 101 Å². The van der Waals surface area contributed by atoms with Crippen LogP contribution in [0.25, 0.3) is 6.08 Å². The van der Waals surface area contributed by atoms with Gasteiger partial charge in [0.05, 0.1) is 57.3 Å². The van der Waals surface area contributed by atoms with Crippen LogP contribution in [0.4, 0.5) is 0 Å². The van der Waals surface area contributed by atoms with Crippen LogP contribution in [-0.4, -0.2) is 50.5 Å². The van der Waals surface area contributed by atoms with E-state index in [2.05, 4.69) is 43.5 Å². The third-order valence-electron chi connectivity index (χ3n) is 6.20. The van der Waals surface area contributed by atoms with Gasteiger partial charge in [0.2, 0.25) is 0 Å². The van der Waals surface area contributed by atoms with Crippen LogP contribution in [0.1, 0.15) is 37.9 Å². The molecule has 0 N–H and O–H groups in total. The van der Waals surface area contributed by atoms with E-state index < -0.39 is 18.0 Å². The van der Waals surface area contributed by atoms with E-state index in [1.807, 2.05) is 18.2 Å². The van der Waals surface area contributed by atoms with Gasteiger partial charge in [0.15, 0.2) is 22.9 Å². The average Bonchev–Trinajstić information content (AvgIpc) is 3.25. The predicted molar refractivity (Wildman–Crippen MR) is 169 cm³/mol. The predicted octanol–water partition coefficient (Wildman–Crippen LogP) is 4.12. The van der Waals surface area contributed by atoms with Crippen LogP contribution in [0.2, 0.25) is 0 Å². The van der Waals surface area contributed by atoms with E-state index in [0.29, 0.717) is 51.4 Å². The summed E-state index contributed by atoms with van der Waals surface area (Å²) in [6.07, 6.45) is 1.73. The Labute approximate surface area is 267 Å². The molecule has 1 aliphatic rings. The number of esters is 2. The lowest BCUT2D eigenvalue weighted by atomic mass is 9.96. The number of aromatic nitrogens is 1. The number of hydrogen-bond acceptors (Lipinski definition) is 10. The van der Waals surface area contributed by atoms with Gasteiger partial charge in [0.25, 0.3) is 5.56 Å². The lowest BCUT2D eigenvalue weighted by Gasteiger charge is -2.25. The van der Waals surface area contributed by atoms with Crippen LogP contribution in [0.15, 0.2) is 55.9 Å². The van der Waals surface area contributed by atoms with Crippen molar-refractivity contribution in [3.63, 3.8) is 0 Å². The van der Waals surface area contributed by atoms with Gasteiger partial charge in [-0.15, -0.1) is 0 Å². The summed E-state index contributed by atoms with van der Waals surface area (Å²) in [5, 5.41) is 0. The number of carbonyl (C=O) groups is 2. The Hall–Kier alpha value is -3.17. The van der Waals surface area contributed by atoms with Gasteiger partial charge in [-0.3, -0.25) is 9.36 Å². The maximum absolute atomic E-state index is 13.9. The first-order chi connectivity index (χ1) is 20.1. The van der Waals surface area contributed by atoms with Crippen molar-refractivity contribution >= 4 is 67.9 Å². The Kier molecular flexibility index (Phi) is 10.5. The standard InChI is InChI=1S/C29H28BrIN2O8S/c1-6-39-23(34)14-41-26-19(31)10-16(11-21(26)38-5)12-22-27(35)33-25(17-8-9-20(37-4)18(30)13-17)24(28(36)40-7-2)15(3)32-29(33)42-22/h8-13,25H,6-7,14H2,1-5H3/b22-12+/t25-/m1/s1. The van der Waals surface area contributed by atoms with Crippen molar-refractivity contribution in [2.45, 2.75) is 26.8 Å². The minimum atomic E-state index is -0.766. The molecule has 0 fully saturated rings. The number of hydrogen-bond donors (Lipinski definition) is 0. The summed E-state index contributed by atoms with van der Waals surface area (Å²) in [5.74, 6) is 0.373. The summed E-state index contributed by atoms with van der Waals surface area (Å²) in [5.41, 5.74) is 1.80. The third kappa shape index (κ3) is 6.57. The van der Waals surface area contributed by atoms with Crippen LogP contribution >= 0.6 is 49.9 Å². The fraction of sp³-hybridized carbons (Fsp3) is 0.310. The van der Waals surface area contributed by atoms with Crippen molar-refractivity contribution in [3.05, 3.63) is 80.5 Å². The summed E-state index contributed by atoms with van der Waals surface area (Å²) in [7, 11) is 3.05. The topological polar surface area (TPSA) is 115 Å². The Bertz CT molecular complexity index is 1750. The smallest absolute Gasteiger partial charge is 0.344 e. The number of nitrogens with zero attached hydrogens (tertiary/aromatic N) is 2. The van der Waals surface area contributed by atoms with Crippen LogP contribution in [0.5, 0.6) is 17.2 Å². The molecule has 0 aliphatic carbocycles. The van der Waals surface area contributed by atoms with Crippen molar-refractivity contribution in [1.29, 1.82) is 0 Å². The first-order valence-electron chi connectivity index (χ1n) is 12.8. The van der Waals surface area contributed by atoms with Gasteiger partial charge < -0.3 is 23.7 Å². The van der Waals surface area contributed by atoms with Crippen molar-refractivity contribution in [3.8, 4) is 17.2 Å². The molecule has 0 radical (unpaired) electrons.